The van der Waals surface area contributed by atoms with Crippen LogP contribution in [0.2, 0.25) is 0 Å². The number of halogens is 1. The molecule has 0 fully saturated rings. The first-order valence-electron chi connectivity index (χ1n) is 7.51. The van der Waals surface area contributed by atoms with Crippen LogP contribution in [-0.2, 0) is 9.53 Å². The van der Waals surface area contributed by atoms with Crippen molar-refractivity contribution < 1.29 is 28.5 Å². The summed E-state index contributed by atoms with van der Waals surface area (Å²) in [6.07, 6.45) is 0. The number of anilines is 1. The number of hydrogen-bond donors (Lipinski definition) is 1. The number of benzene rings is 2. The van der Waals surface area contributed by atoms with Gasteiger partial charge in [-0.2, -0.15) is 0 Å². The van der Waals surface area contributed by atoms with E-state index in [1.807, 2.05) is 12.1 Å². The molecule has 0 heterocycles. The molecule has 0 atom stereocenters. The minimum Gasteiger partial charge on any atom is -0.496 e. The summed E-state index contributed by atoms with van der Waals surface area (Å²) in [6, 6.07) is 10.2. The molecule has 138 valence electrons. The van der Waals surface area contributed by atoms with Crippen LogP contribution in [0.4, 0.5) is 5.69 Å². The van der Waals surface area contributed by atoms with Gasteiger partial charge in [-0.05, 0) is 34.7 Å². The van der Waals surface area contributed by atoms with Crippen molar-refractivity contribution in [1.82, 2.24) is 0 Å². The molecule has 0 aliphatic carbocycles. The van der Waals surface area contributed by atoms with Gasteiger partial charge in [0.2, 0.25) is 0 Å². The zero-order valence-corrected chi connectivity index (χ0v) is 16.7. The zero-order chi connectivity index (χ0) is 19.1. The van der Waals surface area contributed by atoms with Crippen LogP contribution < -0.4 is 19.5 Å². The van der Waals surface area contributed by atoms with Gasteiger partial charge >= 0.3 is 5.97 Å². The first kappa shape index (κ1) is 19.8. The lowest BCUT2D eigenvalue weighted by Gasteiger charge is -2.13. The summed E-state index contributed by atoms with van der Waals surface area (Å²) in [5.41, 5.74) is 0.782. The van der Waals surface area contributed by atoms with Crippen LogP contribution in [0.25, 0.3) is 0 Å². The van der Waals surface area contributed by atoms with Gasteiger partial charge in [-0.15, -0.1) is 0 Å². The Kier molecular flexibility index (Phi) is 7.07. The van der Waals surface area contributed by atoms with E-state index in [-0.39, 0.29) is 11.3 Å². The van der Waals surface area contributed by atoms with Gasteiger partial charge in [0.05, 0.1) is 27.0 Å². The average Bonchev–Trinajstić information content (AvgIpc) is 2.66. The third-order valence-electron chi connectivity index (χ3n) is 3.41. The van der Waals surface area contributed by atoms with Crippen LogP contribution in [0.1, 0.15) is 10.4 Å². The minimum atomic E-state index is -0.708. The number of para-hydroxylation sites is 1. The number of esters is 1. The van der Waals surface area contributed by atoms with Crippen LogP contribution in [0.3, 0.4) is 0 Å². The maximum Gasteiger partial charge on any atom is 0.342 e. The molecule has 26 heavy (non-hydrogen) atoms. The van der Waals surface area contributed by atoms with Crippen LogP contribution in [0.15, 0.2) is 36.4 Å². The number of rotatable bonds is 7. The number of carbonyl (C=O) groups excluding carboxylic acids is 2. The fraction of sp³-hybridized carbons (Fsp3) is 0.222. The van der Waals surface area contributed by atoms with Crippen LogP contribution in [0, 0.1) is 3.57 Å². The third kappa shape index (κ3) is 4.78. The van der Waals surface area contributed by atoms with Crippen molar-refractivity contribution in [3.63, 3.8) is 0 Å². The lowest BCUT2D eigenvalue weighted by Crippen LogP contribution is -2.21. The average molecular weight is 471 g/mol. The number of ether oxygens (including phenoxy) is 4. The maximum absolute atomic E-state index is 12.3. The lowest BCUT2D eigenvalue weighted by atomic mass is 10.1. The van der Waals surface area contributed by atoms with Crippen LogP contribution >= 0.6 is 22.6 Å². The van der Waals surface area contributed by atoms with Crippen LogP contribution in [-0.4, -0.2) is 39.8 Å². The molecule has 7 nitrogen and oxygen atoms in total. The van der Waals surface area contributed by atoms with Gasteiger partial charge in [0, 0.05) is 15.7 Å². The first-order valence-corrected chi connectivity index (χ1v) is 8.59. The number of carbonyl (C=O) groups is 2. The number of hydrogen-bond acceptors (Lipinski definition) is 6. The van der Waals surface area contributed by atoms with Crippen molar-refractivity contribution in [2.24, 2.45) is 0 Å². The van der Waals surface area contributed by atoms with E-state index in [9.17, 15) is 9.59 Å². The van der Waals surface area contributed by atoms with Gasteiger partial charge in [0.1, 0.15) is 11.3 Å². The third-order valence-corrected chi connectivity index (χ3v) is 4.35. The van der Waals surface area contributed by atoms with E-state index < -0.39 is 18.5 Å². The zero-order valence-electron chi connectivity index (χ0n) is 14.5. The maximum atomic E-state index is 12.3. The minimum absolute atomic E-state index is 0.132. The second-order valence-corrected chi connectivity index (χ2v) is 6.17. The molecule has 0 aliphatic heterocycles. The Hall–Kier alpha value is -2.49. The normalized spacial score (nSPS) is 10.0. The Morgan fingerprint density at radius 2 is 1.58 bits per heavy atom. The molecule has 0 aromatic heterocycles. The Balaban J connectivity index is 2.07. The Morgan fingerprint density at radius 3 is 2.19 bits per heavy atom. The lowest BCUT2D eigenvalue weighted by molar-refractivity contribution is -0.119. The molecule has 1 amide bonds. The summed E-state index contributed by atoms with van der Waals surface area (Å²) in [4.78, 5) is 24.3. The van der Waals surface area contributed by atoms with Crippen molar-refractivity contribution in [3.8, 4) is 17.2 Å². The fourth-order valence-corrected chi connectivity index (χ4v) is 2.67. The van der Waals surface area contributed by atoms with Gasteiger partial charge in [-0.25, -0.2) is 4.79 Å². The fourth-order valence-electron chi connectivity index (χ4n) is 2.15. The predicted molar refractivity (Wildman–Crippen MR) is 104 cm³/mol. The van der Waals surface area contributed by atoms with Gasteiger partial charge in [0.15, 0.2) is 18.1 Å². The van der Waals surface area contributed by atoms with E-state index in [0.717, 1.165) is 3.57 Å². The van der Waals surface area contributed by atoms with Gasteiger partial charge in [-0.3, -0.25) is 4.79 Å². The Morgan fingerprint density at radius 1 is 0.962 bits per heavy atom. The van der Waals surface area contributed by atoms with E-state index >= 15 is 0 Å². The van der Waals surface area contributed by atoms with Gasteiger partial charge < -0.3 is 24.3 Å². The van der Waals surface area contributed by atoms with Crippen LogP contribution in [0.5, 0.6) is 17.2 Å². The van der Waals surface area contributed by atoms with Crippen molar-refractivity contribution in [3.05, 3.63) is 45.5 Å². The molecule has 0 radical (unpaired) electrons. The molecule has 2 rings (SSSR count). The monoisotopic (exact) mass is 471 g/mol. The van der Waals surface area contributed by atoms with E-state index in [0.29, 0.717) is 17.2 Å². The second-order valence-electron chi connectivity index (χ2n) is 5.01. The quantitative estimate of drug-likeness (QED) is 0.494. The second kappa shape index (κ2) is 9.27. The Bertz CT molecular complexity index is 808. The molecular formula is C18H18INO6. The Labute approximate surface area is 164 Å². The van der Waals surface area contributed by atoms with Crippen molar-refractivity contribution >= 4 is 40.2 Å². The molecule has 0 aliphatic rings. The number of amides is 1. The number of nitrogens with one attached hydrogen (secondary N) is 1. The van der Waals surface area contributed by atoms with E-state index in [1.54, 1.807) is 12.1 Å². The number of methoxy groups -OCH3 is 3. The molecule has 2 aromatic carbocycles. The summed E-state index contributed by atoms with van der Waals surface area (Å²) in [5, 5.41) is 2.69. The highest BCUT2D eigenvalue weighted by Crippen LogP contribution is 2.34. The SMILES string of the molecule is COc1cc(OC)c(C(=O)OCC(=O)Nc2ccccc2I)cc1OC. The molecule has 0 saturated carbocycles. The molecule has 0 saturated heterocycles. The molecule has 0 spiro atoms. The van der Waals surface area contributed by atoms with Crippen molar-refractivity contribution in [2.45, 2.75) is 0 Å². The van der Waals surface area contributed by atoms with Crippen molar-refractivity contribution in [2.75, 3.05) is 33.3 Å². The van der Waals surface area contributed by atoms with Gasteiger partial charge in [0.25, 0.3) is 5.91 Å². The highest BCUT2D eigenvalue weighted by Gasteiger charge is 2.20. The van der Waals surface area contributed by atoms with E-state index in [4.69, 9.17) is 18.9 Å². The molecule has 2 aromatic rings. The molecule has 0 bridgehead atoms. The molecule has 8 heteroatoms. The van der Waals surface area contributed by atoms with Crippen molar-refractivity contribution in [1.29, 1.82) is 0 Å². The largest absolute Gasteiger partial charge is 0.496 e. The van der Waals surface area contributed by atoms with Gasteiger partial charge in [-0.1, -0.05) is 12.1 Å². The standard InChI is InChI=1S/C18H18INO6/c1-23-14-9-16(25-3)15(24-2)8-11(14)18(22)26-10-17(21)20-13-7-5-4-6-12(13)19/h4-9H,10H2,1-3H3,(H,20,21). The van der Waals surface area contributed by atoms with E-state index in [1.165, 1.54) is 33.5 Å². The smallest absolute Gasteiger partial charge is 0.342 e. The highest BCUT2D eigenvalue weighted by atomic mass is 127. The van der Waals surface area contributed by atoms with E-state index in [2.05, 4.69) is 27.9 Å². The summed E-state index contributed by atoms with van der Waals surface area (Å²) in [7, 11) is 4.35. The molecular weight excluding hydrogens is 453 g/mol. The first-order chi connectivity index (χ1) is 12.5. The summed E-state index contributed by atoms with van der Waals surface area (Å²) in [6.45, 7) is -0.429. The summed E-state index contributed by atoms with van der Waals surface area (Å²) in [5.74, 6) is -0.130. The molecule has 1 N–H and O–H groups in total. The summed E-state index contributed by atoms with van der Waals surface area (Å²) >= 11 is 2.10. The highest BCUT2D eigenvalue weighted by molar-refractivity contribution is 14.1. The topological polar surface area (TPSA) is 83.1 Å². The predicted octanol–water partition coefficient (Wildman–Crippen LogP) is 3.11. The molecule has 0 unspecified atom stereocenters. The summed E-state index contributed by atoms with van der Waals surface area (Å²) < 4.78 is 21.5.